The van der Waals surface area contributed by atoms with Gasteiger partial charge in [0.25, 0.3) is 0 Å². The number of ether oxygens (including phenoxy) is 2. The molecule has 0 radical (unpaired) electrons. The fraction of sp³-hybridized carbons (Fsp3) is 0.182. The zero-order valence-corrected chi connectivity index (χ0v) is 11.8. The van der Waals surface area contributed by atoms with E-state index < -0.39 is 0 Å². The number of methoxy groups -OCH3 is 2. The number of nitrogen functional groups attached to an aromatic ring is 1. The Balaban J connectivity index is 2.58. The second-order valence-electron chi connectivity index (χ2n) is 3.23. The second kappa shape index (κ2) is 4.93. The number of benzene rings is 1. The van der Waals surface area contributed by atoms with Crippen molar-refractivity contribution in [3.63, 3.8) is 0 Å². The first-order valence-corrected chi connectivity index (χ1v) is 6.46. The molecule has 0 unspecified atom stereocenters. The minimum absolute atomic E-state index is 0.536. The summed E-state index contributed by atoms with van der Waals surface area (Å²) in [7, 11) is 3.22. The molecule has 0 aliphatic carbocycles. The Labute approximate surface area is 112 Å². The summed E-state index contributed by atoms with van der Waals surface area (Å²) in [6.45, 7) is 0. The van der Waals surface area contributed by atoms with Crippen molar-refractivity contribution in [3.8, 4) is 22.8 Å². The summed E-state index contributed by atoms with van der Waals surface area (Å²) >= 11 is 4.85. The summed E-state index contributed by atoms with van der Waals surface area (Å²) in [4.78, 5) is 4.24. The van der Waals surface area contributed by atoms with Crippen LogP contribution < -0.4 is 15.2 Å². The van der Waals surface area contributed by atoms with Crippen LogP contribution in [0, 0.1) is 0 Å². The van der Waals surface area contributed by atoms with Crippen molar-refractivity contribution >= 4 is 32.4 Å². The van der Waals surface area contributed by atoms with E-state index in [4.69, 9.17) is 15.2 Å². The predicted molar refractivity (Wildman–Crippen MR) is 72.8 cm³/mol. The fourth-order valence-corrected chi connectivity index (χ4v) is 2.74. The van der Waals surface area contributed by atoms with Crippen LogP contribution in [-0.4, -0.2) is 19.2 Å². The molecule has 1 aromatic carbocycles. The Morgan fingerprint density at radius 3 is 2.59 bits per heavy atom. The lowest BCUT2D eigenvalue weighted by atomic mass is 10.1. The molecule has 6 heteroatoms. The van der Waals surface area contributed by atoms with Crippen molar-refractivity contribution in [2.45, 2.75) is 0 Å². The number of aromatic nitrogens is 1. The van der Waals surface area contributed by atoms with Gasteiger partial charge in [0.1, 0.15) is 16.0 Å². The van der Waals surface area contributed by atoms with Crippen molar-refractivity contribution in [3.05, 3.63) is 22.0 Å². The molecule has 90 valence electrons. The Morgan fingerprint density at radius 2 is 2.06 bits per heavy atom. The predicted octanol–water partition coefficient (Wildman–Crippen LogP) is 3.17. The standard InChI is InChI=1S/C11H11BrN2O2S/c1-15-8-4-3-6(10(16-2)9(8)12)7-5-17-11(13)14-7/h3-5H,1-2H3,(H2,13,14). The zero-order valence-electron chi connectivity index (χ0n) is 9.36. The first-order valence-electron chi connectivity index (χ1n) is 4.79. The Morgan fingerprint density at radius 1 is 1.29 bits per heavy atom. The van der Waals surface area contributed by atoms with Crippen LogP contribution in [0.3, 0.4) is 0 Å². The molecule has 2 aromatic rings. The lowest BCUT2D eigenvalue weighted by molar-refractivity contribution is 0.390. The zero-order chi connectivity index (χ0) is 12.4. The summed E-state index contributed by atoms with van der Waals surface area (Å²) in [6.07, 6.45) is 0. The Bertz CT molecular complexity index is 542. The molecule has 1 aromatic heterocycles. The van der Waals surface area contributed by atoms with E-state index in [1.807, 2.05) is 17.5 Å². The van der Waals surface area contributed by atoms with Gasteiger partial charge in [-0.15, -0.1) is 11.3 Å². The average Bonchev–Trinajstić information content (AvgIpc) is 2.75. The molecule has 0 fully saturated rings. The van der Waals surface area contributed by atoms with Gasteiger partial charge in [-0.05, 0) is 28.1 Å². The third-order valence-electron chi connectivity index (χ3n) is 2.28. The van der Waals surface area contributed by atoms with Crippen LogP contribution in [0.4, 0.5) is 5.13 Å². The van der Waals surface area contributed by atoms with E-state index in [-0.39, 0.29) is 0 Å². The minimum Gasteiger partial charge on any atom is -0.495 e. The van der Waals surface area contributed by atoms with Gasteiger partial charge in [0.2, 0.25) is 0 Å². The molecule has 0 atom stereocenters. The van der Waals surface area contributed by atoms with Gasteiger partial charge in [-0.3, -0.25) is 0 Å². The Hall–Kier alpha value is -1.27. The lowest BCUT2D eigenvalue weighted by Gasteiger charge is -2.11. The highest BCUT2D eigenvalue weighted by atomic mass is 79.9. The van der Waals surface area contributed by atoms with Gasteiger partial charge in [0.05, 0.1) is 19.9 Å². The number of anilines is 1. The maximum Gasteiger partial charge on any atom is 0.180 e. The van der Waals surface area contributed by atoms with Crippen LogP contribution in [0.15, 0.2) is 22.0 Å². The number of thiazole rings is 1. The van der Waals surface area contributed by atoms with E-state index in [1.165, 1.54) is 11.3 Å². The number of halogens is 1. The number of nitrogens with zero attached hydrogens (tertiary/aromatic N) is 1. The third-order valence-corrected chi connectivity index (χ3v) is 3.71. The SMILES string of the molecule is COc1ccc(-c2csc(N)n2)c(OC)c1Br. The van der Waals surface area contributed by atoms with Crippen LogP contribution in [0.1, 0.15) is 0 Å². The molecule has 0 aliphatic heterocycles. The number of hydrogen-bond donors (Lipinski definition) is 1. The first kappa shape index (κ1) is 12.2. The number of hydrogen-bond acceptors (Lipinski definition) is 5. The average molecular weight is 315 g/mol. The van der Waals surface area contributed by atoms with Gasteiger partial charge >= 0.3 is 0 Å². The first-order chi connectivity index (χ1) is 8.17. The van der Waals surface area contributed by atoms with E-state index >= 15 is 0 Å². The summed E-state index contributed by atoms with van der Waals surface area (Å²) < 4.78 is 11.4. The third kappa shape index (κ3) is 2.23. The van der Waals surface area contributed by atoms with Crippen LogP contribution in [-0.2, 0) is 0 Å². The molecule has 0 saturated heterocycles. The molecule has 0 amide bonds. The summed E-state index contributed by atoms with van der Waals surface area (Å²) in [5.41, 5.74) is 7.31. The maximum atomic E-state index is 5.63. The van der Waals surface area contributed by atoms with Crippen molar-refractivity contribution in [2.24, 2.45) is 0 Å². The van der Waals surface area contributed by atoms with Gasteiger partial charge in [0, 0.05) is 10.9 Å². The van der Waals surface area contributed by atoms with Crippen molar-refractivity contribution in [2.75, 3.05) is 20.0 Å². The van der Waals surface area contributed by atoms with Crippen LogP contribution in [0.5, 0.6) is 11.5 Å². The van der Waals surface area contributed by atoms with Gasteiger partial charge in [-0.25, -0.2) is 4.98 Å². The molecule has 2 rings (SSSR count). The highest BCUT2D eigenvalue weighted by Gasteiger charge is 2.15. The maximum absolute atomic E-state index is 5.63. The quantitative estimate of drug-likeness (QED) is 0.945. The second-order valence-corrected chi connectivity index (χ2v) is 4.92. The van der Waals surface area contributed by atoms with Gasteiger partial charge in [-0.2, -0.15) is 0 Å². The highest BCUT2D eigenvalue weighted by Crippen LogP contribution is 2.42. The molecule has 0 aliphatic rings. The molecule has 2 N–H and O–H groups in total. The Kier molecular flexibility index (Phi) is 3.54. The smallest absolute Gasteiger partial charge is 0.180 e. The highest BCUT2D eigenvalue weighted by molar-refractivity contribution is 9.10. The normalized spacial score (nSPS) is 10.3. The molecule has 4 nitrogen and oxygen atoms in total. The monoisotopic (exact) mass is 314 g/mol. The van der Waals surface area contributed by atoms with E-state index in [1.54, 1.807) is 14.2 Å². The largest absolute Gasteiger partial charge is 0.495 e. The molecule has 0 bridgehead atoms. The van der Waals surface area contributed by atoms with Crippen LogP contribution in [0.25, 0.3) is 11.3 Å². The summed E-state index contributed by atoms with van der Waals surface area (Å²) in [5, 5.41) is 2.43. The van der Waals surface area contributed by atoms with E-state index in [0.29, 0.717) is 16.6 Å². The fourth-order valence-electron chi connectivity index (χ4n) is 1.51. The van der Waals surface area contributed by atoms with Crippen molar-refractivity contribution in [1.29, 1.82) is 0 Å². The van der Waals surface area contributed by atoms with E-state index in [2.05, 4.69) is 20.9 Å². The molecule has 17 heavy (non-hydrogen) atoms. The molecular formula is C11H11BrN2O2S. The van der Waals surface area contributed by atoms with Gasteiger partial charge in [0.15, 0.2) is 5.13 Å². The number of rotatable bonds is 3. The topological polar surface area (TPSA) is 57.4 Å². The van der Waals surface area contributed by atoms with E-state index in [9.17, 15) is 0 Å². The minimum atomic E-state index is 0.536. The molecular weight excluding hydrogens is 304 g/mol. The number of nitrogens with two attached hydrogens (primary N) is 1. The lowest BCUT2D eigenvalue weighted by Crippen LogP contribution is -1.93. The molecule has 0 spiro atoms. The molecule has 0 saturated carbocycles. The summed E-state index contributed by atoms with van der Waals surface area (Å²) in [6, 6.07) is 3.76. The van der Waals surface area contributed by atoms with Gasteiger partial charge in [-0.1, -0.05) is 0 Å². The summed E-state index contributed by atoms with van der Waals surface area (Å²) in [5.74, 6) is 1.41. The van der Waals surface area contributed by atoms with E-state index in [0.717, 1.165) is 15.7 Å². The molecule has 1 heterocycles. The van der Waals surface area contributed by atoms with Crippen LogP contribution >= 0.6 is 27.3 Å². The van der Waals surface area contributed by atoms with Crippen molar-refractivity contribution in [1.82, 2.24) is 4.98 Å². The van der Waals surface area contributed by atoms with Crippen LogP contribution in [0.2, 0.25) is 0 Å². The van der Waals surface area contributed by atoms with Crippen molar-refractivity contribution < 1.29 is 9.47 Å². The van der Waals surface area contributed by atoms with Gasteiger partial charge < -0.3 is 15.2 Å².